The average Bonchev–Trinajstić information content (AvgIpc) is 1.76. The minimum absolute atomic E-state index is 0. The molecule has 0 bridgehead atoms. The van der Waals surface area contributed by atoms with E-state index >= 15 is 4.39 Å². The number of pyridine rings is 4. The first-order chi connectivity index (χ1) is 69.7. The van der Waals surface area contributed by atoms with E-state index < -0.39 is 69.6 Å². The summed E-state index contributed by atoms with van der Waals surface area (Å²) < 4.78 is 129. The average molecular weight is 2320 g/mol. The van der Waals surface area contributed by atoms with Gasteiger partial charge >= 0.3 is 55.0 Å². The van der Waals surface area contributed by atoms with Gasteiger partial charge in [0.25, 0.3) is 11.9 Å². The van der Waals surface area contributed by atoms with Crippen LogP contribution in [0.2, 0.25) is 45.6 Å². The molecular weight excluding hydrogens is 2240 g/mol. The van der Waals surface area contributed by atoms with Gasteiger partial charge in [-0.05, 0) is 283 Å². The van der Waals surface area contributed by atoms with Crippen LogP contribution in [-0.2, 0) is 30.1 Å². The molecule has 2 amide bonds. The van der Waals surface area contributed by atoms with Crippen LogP contribution >= 0.6 is 156 Å². The van der Waals surface area contributed by atoms with Crippen LogP contribution in [0, 0.1) is 101 Å². The van der Waals surface area contributed by atoms with Gasteiger partial charge in [-0.2, -0.15) is 5.10 Å². The summed E-state index contributed by atoms with van der Waals surface area (Å²) in [7, 11) is 1.87. The number of fused-ring (bicyclic) bond motifs is 7. The minimum atomic E-state index is -3.22. The summed E-state index contributed by atoms with van der Waals surface area (Å²) in [5.41, 5.74) is 12.3. The molecule has 1 unspecified atom stereocenters. The smallest absolute Gasteiger partial charge is 1.00 e. The Kier molecular flexibility index (Phi) is 50.2. The van der Waals surface area contributed by atoms with Crippen LogP contribution < -0.4 is 39.5 Å². The first-order valence-electron chi connectivity index (χ1n) is 43.6. The number of ether oxygens (including phenoxy) is 1. The number of rotatable bonds is 8. The summed E-state index contributed by atoms with van der Waals surface area (Å²) in [5, 5.41) is 22.5. The molecule has 3 aliphatic carbocycles. The van der Waals surface area contributed by atoms with Crippen LogP contribution in [0.5, 0.6) is 5.88 Å². The number of imide groups is 1. The van der Waals surface area contributed by atoms with Gasteiger partial charge < -0.3 is 25.5 Å². The molecule has 23 nitrogen and oxygen atoms in total. The Labute approximate surface area is 940 Å². The number of methoxy groups -OCH3 is 1. The summed E-state index contributed by atoms with van der Waals surface area (Å²) in [4.78, 5) is 80.4. The van der Waals surface area contributed by atoms with Crippen molar-refractivity contribution in [2.45, 2.75) is 131 Å². The van der Waals surface area contributed by atoms with E-state index in [0.29, 0.717) is 55.9 Å². The SMILES string of the molecule is CC1=CCCCC1.Cc1cn2nc(-c3cc(F)c4cc(C5=CCCCC5)ncc4c3)cc(C)c2n1.Cc1cn2nc(O[B]O)cc(C)c2n1.Cl.Fc1cc(Cl)cc2c(Cl)nc(Cl)cc12.Fc1cc(Cl)cc2cnc(C3=CCCCC3)cc12.Fc1cc(Cl)cc2cnc(Cl)cc12.O=C1Cc2c(F)cc(Cl)cc2C(=O)N1.O=P(Cl)(Cl)Cl.[C-]#[N+]CC(=O)OC.[C-]#[N+]c1cc(Cl)cc(F)c1C([N+]#[C-])C(C)=O.[C-]#[N+]c1cc(Cl)cc(F)c1F.[H-].[Na+]. The number of Topliss-reactive ketones (excluding diaryl/α,β-unsaturated/α-hetero) is 1. The summed E-state index contributed by atoms with van der Waals surface area (Å²) in [6.07, 6.45) is 29.9. The third-order valence-corrected chi connectivity index (χ3v) is 23.2. The van der Waals surface area contributed by atoms with Gasteiger partial charge in [0.1, 0.15) is 56.2 Å². The number of nitrogens with zero attached hydrogens (tertiary/aromatic N) is 14. The zero-order chi connectivity index (χ0) is 108. The van der Waals surface area contributed by atoms with Crippen molar-refractivity contribution in [2.24, 2.45) is 0 Å². The summed E-state index contributed by atoms with van der Waals surface area (Å²) in [5.74, 6) is -6.75. The predicted molar refractivity (Wildman–Crippen MR) is 574 cm³/mol. The number of hydrogen-bond donors (Lipinski definition) is 2. The number of halogens is 21. The fourth-order valence-corrected chi connectivity index (χ4v) is 16.4. The van der Waals surface area contributed by atoms with Crippen LogP contribution in [0.25, 0.3) is 96.2 Å². The number of nitrogens with one attached hydrogen (secondary N) is 1. The van der Waals surface area contributed by atoms with Gasteiger partial charge in [0.15, 0.2) is 17.1 Å². The Balaban J connectivity index is 0.000000258. The van der Waals surface area contributed by atoms with Gasteiger partial charge in [0.05, 0.1) is 73.1 Å². The molecule has 769 valence electrons. The van der Waals surface area contributed by atoms with Gasteiger partial charge in [-0.25, -0.2) is 91.7 Å². The second-order valence-electron chi connectivity index (χ2n) is 32.1. The Bertz CT molecular complexity index is 7800. The Morgan fingerprint density at radius 3 is 1.46 bits per heavy atom. The van der Waals surface area contributed by atoms with E-state index in [1.807, 2.05) is 58.2 Å². The minimum Gasteiger partial charge on any atom is -1.00 e. The molecular formula is C102H82BCl13F8N15NaO8P. The number of allylic oxidation sites excluding steroid dienone is 6. The number of carbonyl (C=O) groups is 4. The number of benzene rings is 7. The van der Waals surface area contributed by atoms with Crippen molar-refractivity contribution in [3.05, 3.63) is 365 Å². The fraction of sp³-hybridized carbons (Fsp3) is 0.216. The van der Waals surface area contributed by atoms with E-state index in [1.54, 1.807) is 63.5 Å². The van der Waals surface area contributed by atoms with Gasteiger partial charge in [0.2, 0.25) is 28.9 Å². The standard InChI is InChI=1S/C23H21FN4.C15H13ClFN.C11H6ClFN2O.C9H3Cl3FN.C9H4Cl2FN.C9H5ClFNO2.C8H9BN3O2.C7H2ClF2N.C7H12.C4H5NO2.Cl3OP.ClH.Na.H/c1-14-8-22(27-28-13-15(2)26-23(14)28)17-9-18-12-25-21(11-19(18)20(24)10-17)16-6-4-3-5-7-16;16-12-6-11-9-18-15(8-13(11)14(17)7-12)10-4-2-1-3-5-10;1-6(16)11(15-3)10-8(13)4-7(12)5-9(10)14-2;10-4-1-6-5(7(13)2-4)3-8(11)14-9(6)12;10-6-1-5-4-13-9(11)3-7(5)8(12)2-6;10-4-1-6-5(7(11)2-4)3-8(13)12-9(6)14;1-5-3-7(14-9-13)11-12-4-6(2)10-8(5)12;1-11-6-3-4(8)2-5(9)7(6)10;1-7-5-3-2-4-6-7;1-5-3-4(6)7-2;1-5(2,3)4;;;/h6,8-13H,3-5,7H2,1-2H3;4,6-9H,1-3,5H2;4-5,11H,1H3;1-3H;1-4H;1-2H,3H2,(H,12,13,14);3-4,13H,1-2H3;2-3H;5H,2-4,6H2,1H3;3H2,2H3;;1H;;/q;;;;;;;;;;;;+1;-1. The van der Waals surface area contributed by atoms with E-state index in [9.17, 15) is 54.5 Å². The largest absolute Gasteiger partial charge is 1.00 e. The quantitative estimate of drug-likeness (QED) is 0.0165. The molecule has 15 aromatic rings. The molecule has 0 saturated heterocycles. The van der Waals surface area contributed by atoms with E-state index in [4.69, 9.17) is 140 Å². The number of esters is 1. The van der Waals surface area contributed by atoms with Crippen molar-refractivity contribution in [1.29, 1.82) is 0 Å². The molecule has 0 saturated carbocycles. The van der Waals surface area contributed by atoms with Crippen molar-refractivity contribution in [3.8, 4) is 17.1 Å². The molecule has 19 rings (SSSR count). The van der Waals surface area contributed by atoms with Gasteiger partial charge in [-0.15, -0.1) is 17.5 Å². The molecule has 9 heterocycles. The van der Waals surface area contributed by atoms with Crippen LogP contribution in [-0.4, -0.2) is 99.1 Å². The number of aromatic nitrogens is 10. The van der Waals surface area contributed by atoms with Gasteiger partial charge in [-0.1, -0.05) is 128 Å². The first-order valence-corrected chi connectivity index (χ1v) is 51.4. The summed E-state index contributed by atoms with van der Waals surface area (Å²) in [6, 6.07) is 27.8. The monoisotopic (exact) mass is 2320 g/mol. The number of imidazole rings is 2. The van der Waals surface area contributed by atoms with E-state index in [1.165, 1.54) is 125 Å². The topological polar surface area (TPSA) is 265 Å². The zero-order valence-corrected chi connectivity index (χ0v) is 92.5. The molecule has 7 aromatic carbocycles. The molecule has 8 aromatic heterocycles. The molecule has 0 spiro atoms. The Hall–Kier alpha value is -10.9. The third kappa shape index (κ3) is 37.6. The van der Waals surface area contributed by atoms with Crippen molar-refractivity contribution >= 4 is 264 Å². The van der Waals surface area contributed by atoms with Crippen LogP contribution in [0.4, 0.5) is 46.5 Å². The van der Waals surface area contributed by atoms with Crippen molar-refractivity contribution in [1.82, 2.24) is 54.4 Å². The second-order valence-corrected chi connectivity index (χ2v) is 42.5. The van der Waals surface area contributed by atoms with Crippen molar-refractivity contribution in [3.63, 3.8) is 0 Å². The molecule has 47 heteroatoms. The molecule has 1 atom stereocenters. The molecule has 0 fully saturated rings. The molecule has 2 N–H and O–H groups in total. The van der Waals surface area contributed by atoms with E-state index in [-0.39, 0.29) is 132 Å². The Morgan fingerprint density at radius 2 is 0.980 bits per heavy atom. The van der Waals surface area contributed by atoms with Crippen LogP contribution in [0.1, 0.15) is 154 Å². The number of amides is 2. The summed E-state index contributed by atoms with van der Waals surface area (Å²) >= 11 is 64.6. The fourth-order valence-electron chi connectivity index (χ4n) is 14.5. The van der Waals surface area contributed by atoms with E-state index in [2.05, 4.69) is 128 Å². The normalized spacial score (nSPS) is 12.6. The predicted octanol–water partition coefficient (Wildman–Crippen LogP) is 29.9. The number of carbonyl (C=O) groups excluding carboxylic acids is 4. The maximum atomic E-state index is 15.0. The van der Waals surface area contributed by atoms with Crippen molar-refractivity contribution < 1.29 is 104 Å². The third-order valence-electron chi connectivity index (χ3n) is 21.2. The maximum Gasteiger partial charge on any atom is 1.00 e. The zero-order valence-electron chi connectivity index (χ0n) is 80.7. The number of hydrogen-bond acceptors (Lipinski definition) is 16. The Morgan fingerprint density at radius 1 is 0.523 bits per heavy atom. The van der Waals surface area contributed by atoms with Crippen LogP contribution in [0.3, 0.4) is 0 Å². The molecule has 4 aliphatic rings. The summed E-state index contributed by atoms with van der Waals surface area (Å²) in [6.45, 7) is 37.3. The van der Waals surface area contributed by atoms with Crippen LogP contribution in [0.15, 0.2) is 176 Å². The number of ketones is 1. The van der Waals surface area contributed by atoms with E-state index in [0.717, 1.165) is 117 Å². The van der Waals surface area contributed by atoms with Gasteiger partial charge in [-0.3, -0.25) is 34.2 Å². The molecule has 149 heavy (non-hydrogen) atoms. The second kappa shape index (κ2) is 59.8. The molecule has 1 aliphatic heterocycles. The first kappa shape index (κ1) is 125. The maximum absolute atomic E-state index is 15.0. The number of aryl methyl sites for hydroxylation is 4. The molecule has 1 radical (unpaired) electrons. The van der Waals surface area contributed by atoms with Gasteiger partial charge in [0, 0.05) is 121 Å². The van der Waals surface area contributed by atoms with Crippen molar-refractivity contribution in [2.75, 3.05) is 13.7 Å².